The lowest BCUT2D eigenvalue weighted by Crippen LogP contribution is -2.54. The second kappa shape index (κ2) is 11.2. The van der Waals surface area contributed by atoms with Crippen molar-refractivity contribution in [3.8, 4) is 6.07 Å². The van der Waals surface area contributed by atoms with Gasteiger partial charge in [0, 0.05) is 31.7 Å². The van der Waals surface area contributed by atoms with Gasteiger partial charge < -0.3 is 19.9 Å². The number of fused-ring (bicyclic) bond motifs is 1. The van der Waals surface area contributed by atoms with Gasteiger partial charge in [0.1, 0.15) is 11.4 Å². The van der Waals surface area contributed by atoms with E-state index in [2.05, 4.69) is 21.7 Å². The molecule has 0 aliphatic carbocycles. The molecule has 9 nitrogen and oxygen atoms in total. The minimum absolute atomic E-state index is 0.0500. The Hall–Kier alpha value is -3.90. The van der Waals surface area contributed by atoms with Crippen molar-refractivity contribution in [3.63, 3.8) is 0 Å². The molecule has 2 aromatic carbocycles. The minimum Gasteiger partial charge on any atom is -0.465 e. The van der Waals surface area contributed by atoms with Crippen molar-refractivity contribution in [2.24, 2.45) is 0 Å². The molecule has 0 saturated carbocycles. The first kappa shape index (κ1) is 25.2. The van der Waals surface area contributed by atoms with Crippen molar-refractivity contribution in [2.45, 2.75) is 38.6 Å². The predicted octanol–water partition coefficient (Wildman–Crippen LogP) is 3.08. The van der Waals surface area contributed by atoms with E-state index in [9.17, 15) is 9.59 Å². The van der Waals surface area contributed by atoms with Gasteiger partial charge >= 0.3 is 5.97 Å². The molecule has 1 aliphatic rings. The quantitative estimate of drug-likeness (QED) is 0.375. The summed E-state index contributed by atoms with van der Waals surface area (Å²) < 4.78 is 5.07. The van der Waals surface area contributed by atoms with Crippen molar-refractivity contribution < 1.29 is 14.3 Å². The zero-order valence-electron chi connectivity index (χ0n) is 20.8. The van der Waals surface area contributed by atoms with E-state index in [1.807, 2.05) is 42.2 Å². The van der Waals surface area contributed by atoms with Gasteiger partial charge in [-0.2, -0.15) is 5.26 Å². The standard InChI is InChI=1S/C27H32N6O3/c1-3-36-25(34)18-30-27(2,26(35)33-14-4-5-15-33)20-8-11-22-23(16-20)32-24(31-22)12-13-29-21-9-6-19(17-28)7-10-21/h6-11,16,29-30H,3-5,12-15,18H2,1-2H3,(H,31,32). The number of aromatic nitrogens is 2. The Bertz CT molecular complexity index is 1260. The number of imidazole rings is 1. The summed E-state index contributed by atoms with van der Waals surface area (Å²) >= 11 is 0. The lowest BCUT2D eigenvalue weighted by atomic mass is 9.89. The average molecular weight is 489 g/mol. The first-order valence-corrected chi connectivity index (χ1v) is 12.4. The Labute approximate surface area is 210 Å². The fourth-order valence-electron chi connectivity index (χ4n) is 4.47. The van der Waals surface area contributed by atoms with Crippen LogP contribution in [0.25, 0.3) is 11.0 Å². The van der Waals surface area contributed by atoms with Crippen LogP contribution in [0.2, 0.25) is 0 Å². The number of nitrogens with zero attached hydrogens (tertiary/aromatic N) is 3. The molecule has 36 heavy (non-hydrogen) atoms. The van der Waals surface area contributed by atoms with E-state index >= 15 is 0 Å². The maximum Gasteiger partial charge on any atom is 0.319 e. The number of amides is 1. The number of hydrogen-bond acceptors (Lipinski definition) is 7. The van der Waals surface area contributed by atoms with Gasteiger partial charge in [-0.15, -0.1) is 0 Å². The molecule has 4 rings (SSSR count). The summed E-state index contributed by atoms with van der Waals surface area (Å²) in [6.45, 7) is 5.92. The molecule has 0 spiro atoms. The highest BCUT2D eigenvalue weighted by Gasteiger charge is 2.39. The molecule has 2 heterocycles. The van der Waals surface area contributed by atoms with E-state index in [4.69, 9.17) is 15.0 Å². The summed E-state index contributed by atoms with van der Waals surface area (Å²) in [5.74, 6) is 0.386. The number of likely N-dealkylation sites (tertiary alicyclic amines) is 1. The van der Waals surface area contributed by atoms with Crippen molar-refractivity contribution in [1.82, 2.24) is 20.2 Å². The number of hydrogen-bond donors (Lipinski definition) is 3. The Balaban J connectivity index is 1.50. The van der Waals surface area contributed by atoms with Crippen LogP contribution < -0.4 is 10.6 Å². The van der Waals surface area contributed by atoms with Gasteiger partial charge in [-0.3, -0.25) is 14.9 Å². The SMILES string of the molecule is CCOC(=O)CNC(C)(C(=O)N1CCCC1)c1ccc2[nH]c(CCNc3ccc(C#N)cc3)nc2c1. The Morgan fingerprint density at radius 1 is 1.19 bits per heavy atom. The third kappa shape index (κ3) is 5.66. The normalized spacial score (nSPS) is 14.9. The molecule has 1 unspecified atom stereocenters. The van der Waals surface area contributed by atoms with Crippen LogP contribution in [-0.2, 0) is 26.3 Å². The van der Waals surface area contributed by atoms with Crippen molar-refractivity contribution in [2.75, 3.05) is 38.1 Å². The molecular formula is C27H32N6O3. The third-order valence-electron chi connectivity index (χ3n) is 6.53. The molecule has 1 saturated heterocycles. The number of rotatable bonds is 10. The van der Waals surface area contributed by atoms with Crippen molar-refractivity contribution >= 4 is 28.6 Å². The second-order valence-electron chi connectivity index (χ2n) is 9.06. The molecule has 0 radical (unpaired) electrons. The maximum atomic E-state index is 13.6. The molecule has 1 aromatic heterocycles. The van der Waals surface area contributed by atoms with Gasteiger partial charge in [0.15, 0.2) is 0 Å². The summed E-state index contributed by atoms with van der Waals surface area (Å²) in [6.07, 6.45) is 2.64. The number of nitrogens with one attached hydrogen (secondary N) is 3. The van der Waals surface area contributed by atoms with Crippen LogP contribution in [0, 0.1) is 11.3 Å². The molecule has 9 heteroatoms. The third-order valence-corrected chi connectivity index (χ3v) is 6.53. The molecule has 1 fully saturated rings. The highest BCUT2D eigenvalue weighted by Crippen LogP contribution is 2.28. The number of aromatic amines is 1. The zero-order valence-corrected chi connectivity index (χ0v) is 20.8. The maximum absolute atomic E-state index is 13.6. The van der Waals surface area contributed by atoms with Gasteiger partial charge in [0.2, 0.25) is 5.91 Å². The van der Waals surface area contributed by atoms with Gasteiger partial charge in [-0.1, -0.05) is 6.07 Å². The number of carbonyl (C=O) groups excluding carboxylic acids is 2. The number of ether oxygens (including phenoxy) is 1. The Kier molecular flexibility index (Phi) is 7.86. The highest BCUT2D eigenvalue weighted by atomic mass is 16.5. The van der Waals surface area contributed by atoms with E-state index in [0.717, 1.165) is 54.0 Å². The van der Waals surface area contributed by atoms with E-state index < -0.39 is 11.5 Å². The van der Waals surface area contributed by atoms with Gasteiger partial charge in [-0.05, 0) is 68.7 Å². The summed E-state index contributed by atoms with van der Waals surface area (Å²) in [6, 6.07) is 15.2. The minimum atomic E-state index is -1.08. The molecule has 1 atom stereocenters. The molecule has 3 aromatic rings. The molecule has 1 aliphatic heterocycles. The molecule has 3 N–H and O–H groups in total. The summed E-state index contributed by atoms with van der Waals surface area (Å²) in [5.41, 5.74) is 2.89. The predicted molar refractivity (Wildman–Crippen MR) is 137 cm³/mol. The molecule has 0 bridgehead atoms. The van der Waals surface area contributed by atoms with Crippen LogP contribution in [0.5, 0.6) is 0 Å². The zero-order chi connectivity index (χ0) is 25.5. The van der Waals surface area contributed by atoms with Gasteiger partial charge in [0.05, 0.1) is 35.8 Å². The Morgan fingerprint density at radius 2 is 1.94 bits per heavy atom. The van der Waals surface area contributed by atoms with E-state index in [1.165, 1.54) is 0 Å². The monoisotopic (exact) mass is 488 g/mol. The van der Waals surface area contributed by atoms with Crippen LogP contribution in [0.4, 0.5) is 5.69 Å². The average Bonchev–Trinajstić information content (AvgIpc) is 3.57. The van der Waals surface area contributed by atoms with Crippen molar-refractivity contribution in [3.05, 3.63) is 59.4 Å². The molecule has 1 amide bonds. The smallest absolute Gasteiger partial charge is 0.319 e. The lowest BCUT2D eigenvalue weighted by molar-refractivity contribution is -0.143. The topological polar surface area (TPSA) is 123 Å². The highest BCUT2D eigenvalue weighted by molar-refractivity contribution is 5.90. The first-order valence-electron chi connectivity index (χ1n) is 12.4. The van der Waals surface area contributed by atoms with Gasteiger partial charge in [0.25, 0.3) is 0 Å². The van der Waals surface area contributed by atoms with Gasteiger partial charge in [-0.25, -0.2) is 4.98 Å². The fraction of sp³-hybridized carbons (Fsp3) is 0.407. The number of anilines is 1. The second-order valence-corrected chi connectivity index (χ2v) is 9.06. The van der Waals surface area contributed by atoms with Crippen LogP contribution >= 0.6 is 0 Å². The molecule has 188 valence electrons. The van der Waals surface area contributed by atoms with E-state index in [1.54, 1.807) is 19.1 Å². The number of benzene rings is 2. The fourth-order valence-corrected chi connectivity index (χ4v) is 4.47. The number of carbonyl (C=O) groups is 2. The summed E-state index contributed by atoms with van der Waals surface area (Å²) in [5, 5.41) is 15.4. The number of esters is 1. The van der Waals surface area contributed by atoms with E-state index in [-0.39, 0.29) is 12.5 Å². The molecular weight excluding hydrogens is 456 g/mol. The van der Waals surface area contributed by atoms with Crippen LogP contribution in [0.15, 0.2) is 42.5 Å². The summed E-state index contributed by atoms with van der Waals surface area (Å²) in [7, 11) is 0. The van der Waals surface area contributed by atoms with Crippen LogP contribution in [0.1, 0.15) is 43.6 Å². The largest absolute Gasteiger partial charge is 0.465 e. The number of nitriles is 1. The first-order chi connectivity index (χ1) is 17.4. The van der Waals surface area contributed by atoms with Crippen LogP contribution in [-0.4, -0.2) is 59.5 Å². The Morgan fingerprint density at radius 3 is 2.64 bits per heavy atom. The van der Waals surface area contributed by atoms with Crippen LogP contribution in [0.3, 0.4) is 0 Å². The van der Waals surface area contributed by atoms with Crippen molar-refractivity contribution in [1.29, 1.82) is 5.26 Å². The summed E-state index contributed by atoms with van der Waals surface area (Å²) in [4.78, 5) is 35.6. The number of H-pyrrole nitrogens is 1. The van der Waals surface area contributed by atoms with E-state index in [0.29, 0.717) is 25.1 Å². The lowest BCUT2D eigenvalue weighted by Gasteiger charge is -2.33.